The first-order valence-corrected chi connectivity index (χ1v) is 36.8. The number of phenols is 2. The van der Waals surface area contributed by atoms with Gasteiger partial charge in [0.25, 0.3) is 0 Å². The van der Waals surface area contributed by atoms with E-state index in [4.69, 9.17) is 40.1 Å². The summed E-state index contributed by atoms with van der Waals surface area (Å²) < 4.78 is 11.9. The molecule has 4 aromatic heterocycles. The number of nitrogens with zero attached hydrogens (tertiary/aromatic N) is 16. The van der Waals surface area contributed by atoms with E-state index in [1.165, 1.54) is 29.5 Å². The number of aliphatic hydroxyl groups is 2. The molecule has 0 aliphatic carbocycles. The minimum absolute atomic E-state index is 0.00825. The van der Waals surface area contributed by atoms with E-state index < -0.39 is 0 Å². The Kier molecular flexibility index (Phi) is 23.1. The number of rotatable bonds is 18. The molecule has 6 aliphatic heterocycles. The highest BCUT2D eigenvalue weighted by molar-refractivity contribution is 5.98. The Morgan fingerprint density at radius 2 is 1.03 bits per heavy atom. The lowest BCUT2D eigenvalue weighted by Gasteiger charge is -2.42. The van der Waals surface area contributed by atoms with Gasteiger partial charge in [0.05, 0.1) is 68.6 Å². The third-order valence-electron chi connectivity index (χ3n) is 20.9. The second kappa shape index (κ2) is 33.4. The van der Waals surface area contributed by atoms with E-state index in [1.807, 2.05) is 104 Å². The number of aromatic nitrogens is 6. The number of fused-ring (bicyclic) bond motifs is 6. The molecule has 3 fully saturated rings. The number of piperazine rings is 3. The summed E-state index contributed by atoms with van der Waals surface area (Å²) >= 11 is 0. The smallest absolute Gasteiger partial charge is 0.318 e. The van der Waals surface area contributed by atoms with Crippen LogP contribution in [0.1, 0.15) is 47.1 Å². The van der Waals surface area contributed by atoms with Crippen LogP contribution in [0.5, 0.6) is 23.5 Å². The maximum Gasteiger partial charge on any atom is 0.318 e. The topological polar surface area (TPSA) is 286 Å². The predicted molar refractivity (Wildman–Crippen MR) is 419 cm³/mol. The zero-order chi connectivity index (χ0) is 74.8. The minimum Gasteiger partial charge on any atom is -0.508 e. The van der Waals surface area contributed by atoms with Crippen LogP contribution >= 0.6 is 0 Å². The number of ether oxygens (including phenoxy) is 2. The van der Waals surface area contributed by atoms with E-state index in [9.17, 15) is 34.8 Å². The van der Waals surface area contributed by atoms with Gasteiger partial charge in [-0.15, -0.1) is 0 Å². The first-order valence-electron chi connectivity index (χ1n) is 36.8. The zero-order valence-corrected chi connectivity index (χ0v) is 61.2. The van der Waals surface area contributed by atoms with Gasteiger partial charge in [-0.2, -0.15) is 19.9 Å². The van der Waals surface area contributed by atoms with Crippen molar-refractivity contribution in [3.63, 3.8) is 0 Å². The molecule has 0 saturated carbocycles. The molecule has 6 aliphatic rings. The summed E-state index contributed by atoms with van der Waals surface area (Å²) in [5.74, 6) is 3.33. The van der Waals surface area contributed by atoms with Crippen molar-refractivity contribution in [3.8, 4) is 23.5 Å². The Balaban J connectivity index is 0.000000143. The molecule has 26 heteroatoms. The van der Waals surface area contributed by atoms with E-state index in [0.717, 1.165) is 141 Å². The molecule has 5 aromatic carbocycles. The molecule has 0 spiro atoms. The molecule has 15 rings (SSSR count). The summed E-state index contributed by atoms with van der Waals surface area (Å²) in [7, 11) is 3.79. The molecule has 2 unspecified atom stereocenters. The zero-order valence-electron chi connectivity index (χ0n) is 61.2. The van der Waals surface area contributed by atoms with Gasteiger partial charge >= 0.3 is 12.0 Å². The molecule has 558 valence electrons. The largest absolute Gasteiger partial charge is 0.508 e. The number of pyridine rings is 2. The fourth-order valence-electron chi connectivity index (χ4n) is 15.2. The number of aromatic hydroxyl groups is 2. The first-order chi connectivity index (χ1) is 52.0. The van der Waals surface area contributed by atoms with Crippen molar-refractivity contribution in [2.45, 2.75) is 64.3 Å². The first kappa shape index (κ1) is 73.9. The number of hydrogen-bond donors (Lipinski definition) is 5. The van der Waals surface area contributed by atoms with Crippen LogP contribution in [-0.2, 0) is 53.3 Å². The van der Waals surface area contributed by atoms with Gasteiger partial charge in [0.2, 0.25) is 17.7 Å². The Bertz CT molecular complexity index is 4760. The van der Waals surface area contributed by atoms with Crippen molar-refractivity contribution in [3.05, 3.63) is 187 Å². The van der Waals surface area contributed by atoms with Crippen LogP contribution in [-0.4, -0.2) is 232 Å². The van der Waals surface area contributed by atoms with Gasteiger partial charge in [-0.3, -0.25) is 19.4 Å². The van der Waals surface area contributed by atoms with Gasteiger partial charge in [0.15, 0.2) is 0 Å². The number of benzene rings is 5. The van der Waals surface area contributed by atoms with Crippen LogP contribution in [0.2, 0.25) is 0 Å². The van der Waals surface area contributed by atoms with Crippen LogP contribution in [0, 0.1) is 0 Å². The molecular formula is C81H95N17O9. The number of nitrogens with two attached hydrogens (primary N) is 1. The van der Waals surface area contributed by atoms with Crippen LogP contribution in [0.3, 0.4) is 0 Å². The number of phenolic OH excluding ortho intramolecular Hbond substituents is 2. The van der Waals surface area contributed by atoms with Crippen molar-refractivity contribution in [1.82, 2.24) is 49.5 Å². The van der Waals surface area contributed by atoms with E-state index >= 15 is 0 Å². The lowest BCUT2D eigenvalue weighted by molar-refractivity contribution is -0.127. The summed E-state index contributed by atoms with van der Waals surface area (Å²) in [6, 6.07) is 35.6. The number of hydrogen-bond acceptors (Lipinski definition) is 23. The normalized spacial score (nSPS) is 16.8. The number of amides is 3. The summed E-state index contributed by atoms with van der Waals surface area (Å²) in [6.07, 6.45) is 9.12. The van der Waals surface area contributed by atoms with Gasteiger partial charge in [-0.05, 0) is 98.4 Å². The molecule has 26 nitrogen and oxygen atoms in total. The fraction of sp³-hybridized carbons (Fsp3) is 0.370. The third kappa shape index (κ3) is 16.4. The van der Waals surface area contributed by atoms with Gasteiger partial charge in [-0.25, -0.2) is 4.98 Å². The van der Waals surface area contributed by atoms with Crippen molar-refractivity contribution in [2.75, 3.05) is 167 Å². The maximum atomic E-state index is 12.2. The number of carbonyl (C=O) groups excluding carboxylic acids is 3. The predicted octanol–water partition coefficient (Wildman–Crippen LogP) is 7.53. The van der Waals surface area contributed by atoms with Gasteiger partial charge < -0.3 is 84.6 Å². The second-order valence-corrected chi connectivity index (χ2v) is 27.8. The Morgan fingerprint density at radius 3 is 1.59 bits per heavy atom. The molecule has 107 heavy (non-hydrogen) atoms. The van der Waals surface area contributed by atoms with Crippen molar-refractivity contribution in [2.24, 2.45) is 0 Å². The average molecular weight is 1450 g/mol. The van der Waals surface area contributed by atoms with Gasteiger partial charge in [0.1, 0.15) is 41.4 Å². The Labute approximate surface area is 623 Å². The van der Waals surface area contributed by atoms with Crippen molar-refractivity contribution in [1.29, 1.82) is 0 Å². The van der Waals surface area contributed by atoms with Crippen LogP contribution in [0.25, 0.3) is 32.3 Å². The number of aliphatic hydroxyl groups excluding tert-OH is 2. The highest BCUT2D eigenvalue weighted by Gasteiger charge is 2.36. The number of carbonyl (C=O) groups is 3. The van der Waals surface area contributed by atoms with E-state index in [0.29, 0.717) is 103 Å². The number of likely N-dealkylation sites (N-methyl/N-ethyl adjacent to an activating group) is 1. The number of nitrogen functional groups attached to an aromatic ring is 1. The second-order valence-electron chi connectivity index (χ2n) is 27.8. The molecular weight excluding hydrogens is 1360 g/mol. The lowest BCUT2D eigenvalue weighted by Crippen LogP contribution is -2.56. The summed E-state index contributed by atoms with van der Waals surface area (Å²) in [6.45, 7) is 24.6. The molecule has 0 radical (unpaired) electrons. The molecule has 6 N–H and O–H groups in total. The standard InChI is InChI=1S/C29H36N6O4.C28H33N5O4.C24H26N6O/c1-4-27(38)33-11-13-34(14-12-33)28-24-9-10-35(26-16-22(37)15-20-7-5-6-8-23(20)26)17-25(24)30-29(31-28)39-19-21(18-36)32(2)3;1-3-13-37-28-29-24-17-31(25-15-21(35)14-19-7-5-6-8-22(19)25)10-9-23(24)27(30-28)33-12-11-32(26(36)4-2)16-20(33)18-34;1-2-23(31)29-13-11-28(12-14-29)21-7-9-26-20-16-30(10-8-19(20)21)24-18-6-4-3-5-17(18)15-22(25)27-24/h4-8,15-16,21,36-37H,1,9-14,17-19H2,2-3H3;4-8,14-15,20,34-35H,2-3,9-13,16-18H2,1H3;2-7,9,15H,1,8,10-14,16H2,(H2,25,27). The maximum absolute atomic E-state index is 12.2. The molecule has 2 atom stereocenters. The lowest BCUT2D eigenvalue weighted by atomic mass is 10.0. The Hall–Kier alpha value is -11.4. The Morgan fingerprint density at radius 1 is 0.533 bits per heavy atom. The summed E-state index contributed by atoms with van der Waals surface area (Å²) in [4.78, 5) is 85.5. The van der Waals surface area contributed by atoms with Crippen molar-refractivity contribution < 1.29 is 44.3 Å². The molecule has 9 aromatic rings. The van der Waals surface area contributed by atoms with Gasteiger partial charge in [-0.1, -0.05) is 99.5 Å². The van der Waals surface area contributed by atoms with E-state index in [1.54, 1.807) is 21.9 Å². The van der Waals surface area contributed by atoms with Crippen molar-refractivity contribution >= 4 is 90.4 Å². The SMILES string of the molecule is C=CC(=O)N1CCN(c2ccnc3c2CCN(c2nc(N)cc4ccccc24)C3)CC1.C=CC(=O)N1CCN(c2nc(OCC(CO)N(C)C)nc3c2CCN(c2cc(O)cc4ccccc24)C3)CC1.C=CC(=O)N1CCN(c2nc(OCCC)nc3c2CCN(c2cc(O)cc4ccccc24)C3)C(CO)C1. The summed E-state index contributed by atoms with van der Waals surface area (Å²) in [5, 5.41) is 47.1. The highest BCUT2D eigenvalue weighted by atomic mass is 16.5. The molecule has 3 saturated heterocycles. The van der Waals surface area contributed by atoms with E-state index in [-0.39, 0.29) is 67.1 Å². The molecule has 10 heterocycles. The molecule has 3 amide bonds. The van der Waals surface area contributed by atoms with Crippen LogP contribution in [0.15, 0.2) is 153 Å². The van der Waals surface area contributed by atoms with Crippen LogP contribution in [0.4, 0.5) is 40.3 Å². The monoisotopic (exact) mass is 1450 g/mol. The minimum atomic E-state index is -0.288. The molecule has 0 bridgehead atoms. The number of anilines is 7. The van der Waals surface area contributed by atoms with Crippen LogP contribution < -0.4 is 44.6 Å². The summed E-state index contributed by atoms with van der Waals surface area (Å²) in [5.41, 5.74) is 15.5. The highest BCUT2D eigenvalue weighted by Crippen LogP contribution is 2.40. The quantitative estimate of drug-likeness (QED) is 0.0519. The third-order valence-corrected chi connectivity index (χ3v) is 20.9. The van der Waals surface area contributed by atoms with Gasteiger partial charge in [0, 0.05) is 160 Å². The average Bonchev–Trinajstić information content (AvgIpc) is 0.772. The fourth-order valence-corrected chi connectivity index (χ4v) is 15.2. The van der Waals surface area contributed by atoms with E-state index in [2.05, 4.69) is 84.5 Å².